The van der Waals surface area contributed by atoms with Crippen molar-refractivity contribution < 1.29 is 23.1 Å². The highest BCUT2D eigenvalue weighted by molar-refractivity contribution is 7.54. The van der Waals surface area contributed by atoms with E-state index in [4.69, 9.17) is 13.8 Å². The maximum Gasteiger partial charge on any atom is 0.353 e. The van der Waals surface area contributed by atoms with Crippen LogP contribution in [-0.4, -0.2) is 44.0 Å². The topological polar surface area (TPSA) is 65.1 Å². The Hall–Kier alpha value is -1.62. The molecule has 0 saturated carbocycles. The van der Waals surface area contributed by atoms with Crippen LogP contribution < -0.4 is 4.74 Å². The SMILES string of the molecule is CCCCCCCC/C=C\CCCCCCCC(=O)N(C)C(Cc1ccc(OC)cc1)P(=O)(OCC)OCC. The van der Waals surface area contributed by atoms with Crippen LogP contribution in [0.4, 0.5) is 0 Å². The van der Waals surface area contributed by atoms with Gasteiger partial charge in [-0.1, -0.05) is 82.6 Å². The minimum atomic E-state index is -3.53. The number of ether oxygens (including phenoxy) is 1. The van der Waals surface area contributed by atoms with Gasteiger partial charge in [0.05, 0.1) is 20.3 Å². The van der Waals surface area contributed by atoms with E-state index >= 15 is 0 Å². The van der Waals surface area contributed by atoms with Crippen molar-refractivity contribution in [3.8, 4) is 5.75 Å². The Bertz CT molecular complexity index is 816. The number of amides is 1. The summed E-state index contributed by atoms with van der Waals surface area (Å²) >= 11 is 0. The number of hydrogen-bond donors (Lipinski definition) is 0. The molecule has 0 aliphatic heterocycles. The van der Waals surface area contributed by atoms with Gasteiger partial charge < -0.3 is 18.7 Å². The van der Waals surface area contributed by atoms with Gasteiger partial charge in [-0.05, 0) is 63.6 Å². The van der Waals surface area contributed by atoms with E-state index in [-0.39, 0.29) is 19.1 Å². The maximum absolute atomic E-state index is 13.7. The number of methoxy groups -OCH3 is 1. The molecule has 0 heterocycles. The quantitative estimate of drug-likeness (QED) is 0.0710. The number of carbonyl (C=O) groups is 1. The zero-order valence-electron chi connectivity index (χ0n) is 25.5. The first-order valence-corrected chi connectivity index (χ1v) is 16.9. The molecule has 0 N–H and O–H groups in total. The summed E-state index contributed by atoms with van der Waals surface area (Å²) in [6, 6.07) is 7.59. The first-order valence-electron chi connectivity index (χ1n) is 15.3. The number of allylic oxidation sites excluding steroid dienone is 2. The van der Waals surface area contributed by atoms with Crippen molar-refractivity contribution in [2.45, 2.75) is 123 Å². The maximum atomic E-state index is 13.7. The molecule has 0 radical (unpaired) electrons. The summed E-state index contributed by atoms with van der Waals surface area (Å²) in [5.41, 5.74) is 0.945. The number of likely N-dealkylation sites (N-methyl/N-ethyl adjacent to an activating group) is 1. The summed E-state index contributed by atoms with van der Waals surface area (Å²) in [5.74, 6) is 0.0499. The highest BCUT2D eigenvalue weighted by Gasteiger charge is 2.40. The molecule has 1 amide bonds. The fourth-order valence-corrected chi connectivity index (χ4v) is 6.82. The average molecular weight is 566 g/mol. The van der Waals surface area contributed by atoms with Crippen molar-refractivity contribution in [3.05, 3.63) is 42.0 Å². The zero-order valence-corrected chi connectivity index (χ0v) is 26.4. The van der Waals surface area contributed by atoms with Crippen LogP contribution in [0, 0.1) is 0 Å². The summed E-state index contributed by atoms with van der Waals surface area (Å²) < 4.78 is 30.3. The molecular weight excluding hydrogens is 509 g/mol. The molecule has 0 aliphatic carbocycles. The summed E-state index contributed by atoms with van der Waals surface area (Å²) in [7, 11) is -0.187. The normalized spacial score (nSPS) is 12.6. The zero-order chi connectivity index (χ0) is 28.8. The Morgan fingerprint density at radius 1 is 0.821 bits per heavy atom. The van der Waals surface area contributed by atoms with Gasteiger partial charge in [0.25, 0.3) is 0 Å². The van der Waals surface area contributed by atoms with Crippen LogP contribution in [0.1, 0.15) is 116 Å². The summed E-state index contributed by atoms with van der Waals surface area (Å²) in [6.45, 7) is 6.36. The van der Waals surface area contributed by atoms with Gasteiger partial charge in [0.1, 0.15) is 11.5 Å². The predicted molar refractivity (Wildman–Crippen MR) is 164 cm³/mol. The van der Waals surface area contributed by atoms with E-state index in [9.17, 15) is 9.36 Å². The lowest BCUT2D eigenvalue weighted by Crippen LogP contribution is -2.39. The van der Waals surface area contributed by atoms with E-state index in [0.29, 0.717) is 12.8 Å². The van der Waals surface area contributed by atoms with Gasteiger partial charge >= 0.3 is 7.60 Å². The number of rotatable bonds is 24. The van der Waals surface area contributed by atoms with E-state index in [1.54, 1.807) is 32.9 Å². The van der Waals surface area contributed by atoms with Crippen LogP contribution in [0.15, 0.2) is 36.4 Å². The third-order valence-corrected chi connectivity index (χ3v) is 9.55. The number of hydrogen-bond acceptors (Lipinski definition) is 5. The van der Waals surface area contributed by atoms with Gasteiger partial charge in [-0.25, -0.2) is 0 Å². The van der Waals surface area contributed by atoms with Crippen LogP contribution in [0.5, 0.6) is 5.75 Å². The highest BCUT2D eigenvalue weighted by atomic mass is 31.2. The van der Waals surface area contributed by atoms with Crippen LogP contribution in [-0.2, 0) is 24.8 Å². The average Bonchev–Trinajstić information content (AvgIpc) is 2.93. The van der Waals surface area contributed by atoms with Crippen molar-refractivity contribution in [3.63, 3.8) is 0 Å². The smallest absolute Gasteiger partial charge is 0.353 e. The van der Waals surface area contributed by atoms with Crippen LogP contribution in [0.25, 0.3) is 0 Å². The van der Waals surface area contributed by atoms with Crippen LogP contribution in [0.2, 0.25) is 0 Å². The second-order valence-electron chi connectivity index (χ2n) is 10.2. The van der Waals surface area contributed by atoms with E-state index in [2.05, 4.69) is 19.1 Å². The van der Waals surface area contributed by atoms with Crippen molar-refractivity contribution in [1.82, 2.24) is 4.90 Å². The minimum Gasteiger partial charge on any atom is -0.497 e. The molecule has 1 aromatic carbocycles. The first-order chi connectivity index (χ1) is 18.9. The summed E-state index contributed by atoms with van der Waals surface area (Å²) in [5, 5.41) is 0. The Morgan fingerprint density at radius 2 is 1.33 bits per heavy atom. The molecule has 1 atom stereocenters. The molecule has 6 nitrogen and oxygen atoms in total. The predicted octanol–water partition coefficient (Wildman–Crippen LogP) is 9.33. The molecule has 1 rings (SSSR count). The molecule has 0 aromatic heterocycles. The first kappa shape index (κ1) is 35.4. The van der Waals surface area contributed by atoms with Crippen molar-refractivity contribution in [2.24, 2.45) is 0 Å². The molecule has 0 saturated heterocycles. The van der Waals surface area contributed by atoms with Gasteiger partial charge in [0.15, 0.2) is 0 Å². The Balaban J connectivity index is 2.45. The van der Waals surface area contributed by atoms with Gasteiger partial charge in [-0.15, -0.1) is 0 Å². The van der Waals surface area contributed by atoms with Gasteiger partial charge in [-0.3, -0.25) is 9.36 Å². The second-order valence-corrected chi connectivity index (χ2v) is 12.4. The Morgan fingerprint density at radius 3 is 1.85 bits per heavy atom. The van der Waals surface area contributed by atoms with Crippen molar-refractivity contribution in [1.29, 1.82) is 0 Å². The summed E-state index contributed by atoms with van der Waals surface area (Å²) in [6.07, 6.45) is 21.4. The molecule has 0 spiro atoms. The van der Waals surface area contributed by atoms with Crippen molar-refractivity contribution >= 4 is 13.5 Å². The molecule has 39 heavy (non-hydrogen) atoms. The lowest BCUT2D eigenvalue weighted by Gasteiger charge is -2.33. The molecule has 7 heteroatoms. The molecule has 0 bridgehead atoms. The van der Waals surface area contributed by atoms with Crippen molar-refractivity contribution in [2.75, 3.05) is 27.4 Å². The lowest BCUT2D eigenvalue weighted by atomic mass is 10.1. The fourth-order valence-electron chi connectivity index (χ4n) is 4.69. The standard InChI is InChI=1S/C32H56NO5P/c1-6-9-10-11-12-13-14-15-16-17-18-19-20-21-22-23-31(34)33(4)32(39(35,37-7-2)38-8-3)28-29-24-26-30(36-5)27-25-29/h15-16,24-27,32H,6-14,17-23,28H2,1-5H3/b16-15-. The summed E-state index contributed by atoms with van der Waals surface area (Å²) in [4.78, 5) is 14.7. The second kappa shape index (κ2) is 22.1. The molecule has 0 fully saturated rings. The monoisotopic (exact) mass is 565 g/mol. The van der Waals surface area contributed by atoms with E-state index < -0.39 is 13.4 Å². The van der Waals surface area contributed by atoms with Gasteiger partial charge in [-0.2, -0.15) is 0 Å². The van der Waals surface area contributed by atoms with Crippen LogP contribution >= 0.6 is 7.60 Å². The lowest BCUT2D eigenvalue weighted by molar-refractivity contribution is -0.131. The minimum absolute atomic E-state index is 0.0224. The van der Waals surface area contributed by atoms with Gasteiger partial charge in [0, 0.05) is 19.9 Å². The number of nitrogens with zero attached hydrogens (tertiary/aromatic N) is 1. The molecule has 224 valence electrons. The third kappa shape index (κ3) is 15.1. The number of benzene rings is 1. The van der Waals surface area contributed by atoms with E-state index in [1.165, 1.54) is 57.8 Å². The third-order valence-electron chi connectivity index (χ3n) is 7.05. The molecule has 1 aromatic rings. The molecule has 1 unspecified atom stereocenters. The van der Waals surface area contributed by atoms with E-state index in [1.807, 2.05) is 24.3 Å². The highest BCUT2D eigenvalue weighted by Crippen LogP contribution is 2.55. The fraction of sp³-hybridized carbons (Fsp3) is 0.719. The Kier molecular flexibility index (Phi) is 20.1. The van der Waals surface area contributed by atoms with Gasteiger partial charge in [0.2, 0.25) is 5.91 Å². The Labute approximate surface area is 239 Å². The number of carbonyl (C=O) groups excluding carboxylic acids is 1. The molecule has 0 aliphatic rings. The van der Waals surface area contributed by atoms with E-state index in [0.717, 1.165) is 37.0 Å². The molecular formula is C32H56NO5P. The van der Waals surface area contributed by atoms with Crippen LogP contribution in [0.3, 0.4) is 0 Å². The number of unbranched alkanes of at least 4 members (excludes halogenated alkanes) is 11. The largest absolute Gasteiger partial charge is 0.497 e.